The summed E-state index contributed by atoms with van der Waals surface area (Å²) >= 11 is 0. The van der Waals surface area contributed by atoms with Crippen molar-refractivity contribution in [1.82, 2.24) is 0 Å². The SMILES string of the molecule is [2H]c1c([2H])c(-c2c3ccccc3c(-c3cccc4ccccc34)c3ccccc23)c2c(oc3c([2H])c4c([2H])c([2H])c([2H])c([2H])c4c([2H])c32)c1[2H]. The fourth-order valence-electron chi connectivity index (χ4n) is 6.24. The van der Waals surface area contributed by atoms with Gasteiger partial charge in [0.05, 0.1) is 12.3 Å². The first-order valence-corrected chi connectivity index (χ1v) is 13.4. The lowest BCUT2D eigenvalue weighted by Crippen LogP contribution is -1.92. The lowest BCUT2D eigenvalue weighted by molar-refractivity contribution is 0.669. The molecule has 0 fully saturated rings. The molecule has 0 amide bonds. The van der Waals surface area contributed by atoms with Crippen LogP contribution >= 0.6 is 0 Å². The van der Waals surface area contributed by atoms with Crippen LogP contribution in [0.3, 0.4) is 0 Å². The maximum Gasteiger partial charge on any atom is 0.136 e. The minimum absolute atomic E-state index is 0.0609. The van der Waals surface area contributed by atoms with Crippen molar-refractivity contribution in [2.24, 2.45) is 0 Å². The molecule has 0 bridgehead atoms. The molecule has 0 saturated heterocycles. The van der Waals surface area contributed by atoms with E-state index in [0.29, 0.717) is 5.56 Å². The topological polar surface area (TPSA) is 13.1 Å². The molecule has 0 spiro atoms. The zero-order valence-electron chi connectivity index (χ0n) is 30.6. The van der Waals surface area contributed by atoms with Gasteiger partial charge in [-0.25, -0.2) is 0 Å². The van der Waals surface area contributed by atoms with Crippen molar-refractivity contribution in [2.75, 3.05) is 0 Å². The lowest BCUT2D eigenvalue weighted by atomic mass is 9.84. The fraction of sp³-hybridized carbons (Fsp3) is 0. The van der Waals surface area contributed by atoms with E-state index < -0.39 is 24.2 Å². The molecule has 1 heteroatoms. The predicted molar refractivity (Wildman–Crippen MR) is 175 cm³/mol. The average molecular weight is 530 g/mol. The van der Waals surface area contributed by atoms with Crippen LogP contribution in [0.25, 0.3) is 87.3 Å². The molecular weight excluding hydrogens is 496 g/mol. The zero-order valence-corrected chi connectivity index (χ0v) is 21.6. The summed E-state index contributed by atoms with van der Waals surface area (Å²) in [5, 5.41) is 5.45. The third kappa shape index (κ3) is 3.24. The van der Waals surface area contributed by atoms with Crippen molar-refractivity contribution in [3.05, 3.63) is 145 Å². The first-order chi connectivity index (χ1) is 24.1. The molecule has 0 aliphatic carbocycles. The Morgan fingerprint density at radius 1 is 0.415 bits per heavy atom. The van der Waals surface area contributed by atoms with Crippen molar-refractivity contribution in [3.63, 3.8) is 0 Å². The first kappa shape index (κ1) is 15.4. The summed E-state index contributed by atoms with van der Waals surface area (Å²) in [7, 11) is 0. The number of hydrogen-bond acceptors (Lipinski definition) is 1. The Hall–Kier alpha value is -5.40. The van der Waals surface area contributed by atoms with Gasteiger partial charge in [0.1, 0.15) is 11.2 Å². The van der Waals surface area contributed by atoms with E-state index in [1.54, 1.807) is 0 Å². The first-order valence-electron chi connectivity index (χ1n) is 17.9. The maximum absolute atomic E-state index is 9.39. The van der Waals surface area contributed by atoms with Crippen molar-refractivity contribution in [1.29, 1.82) is 0 Å². The molecule has 1 heterocycles. The molecule has 0 aliphatic heterocycles. The fourth-order valence-corrected chi connectivity index (χ4v) is 6.24. The van der Waals surface area contributed by atoms with Crippen LogP contribution in [0, 0.1) is 0 Å². The number of rotatable bonds is 2. The average Bonchev–Trinajstić information content (AvgIpc) is 3.54. The van der Waals surface area contributed by atoms with Gasteiger partial charge in [-0.15, -0.1) is 0 Å². The summed E-state index contributed by atoms with van der Waals surface area (Å²) in [5.74, 6) is 0. The van der Waals surface area contributed by atoms with Crippen LogP contribution in [0.2, 0.25) is 0 Å². The molecule has 0 unspecified atom stereocenters. The van der Waals surface area contributed by atoms with E-state index in [0.717, 1.165) is 43.4 Å². The molecule has 41 heavy (non-hydrogen) atoms. The summed E-state index contributed by atoms with van der Waals surface area (Å²) in [6.45, 7) is 0. The van der Waals surface area contributed by atoms with E-state index in [2.05, 4.69) is 24.3 Å². The van der Waals surface area contributed by atoms with Crippen LogP contribution in [-0.4, -0.2) is 0 Å². The molecule has 0 radical (unpaired) electrons. The van der Waals surface area contributed by atoms with Crippen LogP contribution in [0.15, 0.2) is 150 Å². The molecule has 1 nitrogen and oxygen atoms in total. The quantitative estimate of drug-likeness (QED) is 0.203. The smallest absolute Gasteiger partial charge is 0.136 e. The Kier molecular flexibility index (Phi) is 3.21. The van der Waals surface area contributed by atoms with Gasteiger partial charge in [0.25, 0.3) is 0 Å². The molecule has 8 aromatic carbocycles. The third-order valence-corrected chi connectivity index (χ3v) is 7.94. The molecule has 190 valence electrons. The van der Waals surface area contributed by atoms with Crippen molar-refractivity contribution in [3.8, 4) is 22.3 Å². The maximum atomic E-state index is 9.39. The van der Waals surface area contributed by atoms with Gasteiger partial charge in [-0.3, -0.25) is 0 Å². The van der Waals surface area contributed by atoms with Gasteiger partial charge in [-0.1, -0.05) is 127 Å². The van der Waals surface area contributed by atoms with Gasteiger partial charge in [0.15, 0.2) is 0 Å². The Morgan fingerprint density at radius 3 is 1.71 bits per heavy atom. The van der Waals surface area contributed by atoms with Crippen molar-refractivity contribution < 1.29 is 16.8 Å². The van der Waals surface area contributed by atoms with Gasteiger partial charge in [-0.2, -0.15) is 0 Å². The lowest BCUT2D eigenvalue weighted by Gasteiger charge is -2.19. The molecule has 0 aliphatic rings. The monoisotopic (exact) mass is 529 g/mol. The van der Waals surface area contributed by atoms with Gasteiger partial charge in [0, 0.05) is 10.8 Å². The Bertz CT molecular complexity index is 2920. The second-order valence-electron chi connectivity index (χ2n) is 10.1. The van der Waals surface area contributed by atoms with Crippen LogP contribution in [-0.2, 0) is 0 Å². The summed E-state index contributed by atoms with van der Waals surface area (Å²) in [4.78, 5) is 0. The summed E-state index contributed by atoms with van der Waals surface area (Å²) in [5.41, 5.74) is 2.66. The Morgan fingerprint density at radius 2 is 1.00 bits per heavy atom. The van der Waals surface area contributed by atoms with Gasteiger partial charge < -0.3 is 4.42 Å². The highest BCUT2D eigenvalue weighted by Crippen LogP contribution is 2.48. The number of furan rings is 1. The Balaban J connectivity index is 1.54. The summed E-state index contributed by atoms with van der Waals surface area (Å²) < 4.78 is 85.6. The molecular formula is C40H24O. The summed E-state index contributed by atoms with van der Waals surface area (Å²) in [6.07, 6.45) is 0. The van der Waals surface area contributed by atoms with E-state index in [9.17, 15) is 2.74 Å². The van der Waals surface area contributed by atoms with Gasteiger partial charge in [0.2, 0.25) is 0 Å². The van der Waals surface area contributed by atoms with Crippen molar-refractivity contribution in [2.45, 2.75) is 0 Å². The van der Waals surface area contributed by atoms with E-state index in [4.69, 9.17) is 14.0 Å². The molecule has 9 rings (SSSR count). The minimum atomic E-state index is -0.529. The highest BCUT2D eigenvalue weighted by atomic mass is 16.3. The second kappa shape index (κ2) is 8.55. The van der Waals surface area contributed by atoms with Crippen LogP contribution in [0.5, 0.6) is 0 Å². The molecule has 0 saturated carbocycles. The minimum Gasteiger partial charge on any atom is -0.456 e. The van der Waals surface area contributed by atoms with Crippen LogP contribution in [0.4, 0.5) is 0 Å². The van der Waals surface area contributed by atoms with Crippen molar-refractivity contribution >= 4 is 65.0 Å². The number of hydrogen-bond donors (Lipinski definition) is 0. The predicted octanol–water partition coefficient (Wildman–Crippen LogP) is 11.5. The van der Waals surface area contributed by atoms with Gasteiger partial charge >= 0.3 is 0 Å². The second-order valence-corrected chi connectivity index (χ2v) is 10.1. The summed E-state index contributed by atoms with van der Waals surface area (Å²) in [6, 6.07) is 26.5. The highest BCUT2D eigenvalue weighted by molar-refractivity contribution is 6.27. The molecule has 0 N–H and O–H groups in total. The van der Waals surface area contributed by atoms with E-state index in [-0.39, 0.29) is 68.5 Å². The highest BCUT2D eigenvalue weighted by Gasteiger charge is 2.21. The third-order valence-electron chi connectivity index (χ3n) is 7.94. The van der Waals surface area contributed by atoms with Gasteiger partial charge in [-0.05, 0) is 83.5 Å². The normalized spacial score (nSPS) is 15.0. The zero-order chi connectivity index (χ0) is 34.7. The molecule has 9 aromatic rings. The molecule has 0 atom stereocenters. The Labute approximate surface area is 249 Å². The number of fused-ring (bicyclic) bond motifs is 7. The van der Waals surface area contributed by atoms with E-state index in [1.165, 1.54) is 0 Å². The standard InChI is InChI=1S/C40H24O/c1-2-13-27-24-37-35(23-26(27)12-1)40-34(21-10-22-36(40)41-37)39-32-18-7-5-16-30(32)38(31-17-6-8-19-33(31)39)29-20-9-14-25-11-3-4-15-28(25)29/h1-24H/i1D,2D,10D,12D,13D,21D,22D,23D,24D. The van der Waals surface area contributed by atoms with Crippen LogP contribution in [0.1, 0.15) is 12.3 Å². The largest absolute Gasteiger partial charge is 0.456 e. The van der Waals surface area contributed by atoms with E-state index in [1.807, 2.05) is 66.7 Å². The van der Waals surface area contributed by atoms with E-state index >= 15 is 0 Å². The van der Waals surface area contributed by atoms with Crippen LogP contribution < -0.4 is 0 Å². The number of benzene rings is 8. The molecule has 1 aromatic heterocycles.